The van der Waals surface area contributed by atoms with Crippen LogP contribution in [0.15, 0.2) is 108 Å². The van der Waals surface area contributed by atoms with Gasteiger partial charge in [-0.2, -0.15) is 0 Å². The number of amides is 1. The molecule has 51 heavy (non-hydrogen) atoms. The van der Waals surface area contributed by atoms with E-state index in [1.54, 1.807) is 19.2 Å². The number of rotatable bonds is 16. The van der Waals surface area contributed by atoms with Crippen molar-refractivity contribution < 1.29 is 33.6 Å². The Kier molecular flexibility index (Phi) is 12.5. The lowest BCUT2D eigenvalue weighted by Gasteiger charge is -2.31. The van der Waals surface area contributed by atoms with Crippen molar-refractivity contribution in [3.05, 3.63) is 120 Å². The molecule has 0 unspecified atom stereocenters. The monoisotopic (exact) mass is 693 g/mol. The van der Waals surface area contributed by atoms with Crippen molar-refractivity contribution in [3.63, 3.8) is 0 Å². The van der Waals surface area contributed by atoms with Crippen LogP contribution in [0.25, 0.3) is 11.1 Å². The Balaban J connectivity index is 1.47. The zero-order valence-corrected chi connectivity index (χ0v) is 29.7. The highest BCUT2D eigenvalue weighted by Crippen LogP contribution is 2.44. The number of para-hydroxylation sites is 1. The Morgan fingerprint density at radius 3 is 2.24 bits per heavy atom. The normalized spacial score (nSPS) is 16.9. The number of aliphatic imine (C=N–C) groups is 1. The molecule has 1 aliphatic rings. The molecule has 0 spiro atoms. The van der Waals surface area contributed by atoms with Gasteiger partial charge in [-0.3, -0.25) is 15.0 Å². The molecule has 4 aromatic carbocycles. The fourth-order valence-electron chi connectivity index (χ4n) is 5.89. The summed E-state index contributed by atoms with van der Waals surface area (Å²) in [4.78, 5) is 32.6. The molecule has 3 N–H and O–H groups in total. The maximum Gasteiger partial charge on any atom is 0.306 e. The molecular weight excluding hydrogens is 646 g/mol. The highest BCUT2D eigenvalue weighted by molar-refractivity contribution is 6.01. The van der Waals surface area contributed by atoms with Gasteiger partial charge in [0.05, 0.1) is 13.7 Å². The minimum Gasteiger partial charge on any atom is -0.496 e. The third-order valence-corrected chi connectivity index (χ3v) is 8.39. The quantitative estimate of drug-likeness (QED) is 0.0703. The van der Waals surface area contributed by atoms with Crippen molar-refractivity contribution in [1.82, 2.24) is 10.9 Å². The first-order valence-electron chi connectivity index (χ1n) is 17.2. The van der Waals surface area contributed by atoms with Gasteiger partial charge in [-0.25, -0.2) is 10.4 Å². The number of benzene rings is 4. The number of ether oxygens (including phenoxy) is 4. The van der Waals surface area contributed by atoms with Gasteiger partial charge in [-0.05, 0) is 86.2 Å². The Labute approximate surface area is 299 Å². The van der Waals surface area contributed by atoms with Gasteiger partial charge in [-0.15, -0.1) is 0 Å². The molecule has 4 aromatic rings. The second kappa shape index (κ2) is 17.2. The van der Waals surface area contributed by atoms with E-state index in [4.69, 9.17) is 29.0 Å². The van der Waals surface area contributed by atoms with Crippen molar-refractivity contribution in [2.45, 2.75) is 63.7 Å². The lowest BCUT2D eigenvalue weighted by molar-refractivity contribution is -0.155. The molecule has 0 saturated carbocycles. The van der Waals surface area contributed by atoms with Gasteiger partial charge in [0.15, 0.2) is 11.6 Å². The van der Waals surface area contributed by atoms with Gasteiger partial charge in [0.25, 0.3) is 5.91 Å². The summed E-state index contributed by atoms with van der Waals surface area (Å²) >= 11 is 0. The van der Waals surface area contributed by atoms with Crippen LogP contribution < -0.4 is 20.3 Å². The van der Waals surface area contributed by atoms with E-state index in [9.17, 15) is 9.59 Å². The van der Waals surface area contributed by atoms with Crippen molar-refractivity contribution in [1.29, 1.82) is 0 Å². The molecule has 1 amide bonds. The third kappa shape index (κ3) is 9.74. The van der Waals surface area contributed by atoms with Crippen molar-refractivity contribution in [2.75, 3.05) is 26.9 Å². The Morgan fingerprint density at radius 1 is 0.882 bits per heavy atom. The standard InChI is InChI=1S/C41H47N3O7/c1-40(2,3)51-36(46)23-25-41(39(47)44-42-26-24-31-13-8-9-14-35(31)48-4)37(32-17-15-30(16-18-32)29-11-6-5-7-12-29)50-38(43-41)33-19-21-34(22-20-33)49-28-10-27-45/h5-9,11-22,37,42,45H,10,23-28H2,1-4H3,(H,44,47)/t37-,41-/m0/s1. The topological polar surface area (TPSA) is 128 Å². The van der Waals surface area contributed by atoms with Crippen LogP contribution in [0.4, 0.5) is 0 Å². The summed E-state index contributed by atoms with van der Waals surface area (Å²) < 4.78 is 23.5. The van der Waals surface area contributed by atoms with Gasteiger partial charge in [0.1, 0.15) is 17.1 Å². The van der Waals surface area contributed by atoms with E-state index < -0.39 is 29.1 Å². The van der Waals surface area contributed by atoms with E-state index in [1.807, 2.05) is 112 Å². The largest absolute Gasteiger partial charge is 0.496 e. The number of methoxy groups -OCH3 is 1. The summed E-state index contributed by atoms with van der Waals surface area (Å²) in [6.07, 6.45) is 0.208. The summed E-state index contributed by atoms with van der Waals surface area (Å²) in [5.41, 5.74) is 8.16. The molecule has 10 heteroatoms. The van der Waals surface area contributed by atoms with Gasteiger partial charge in [0.2, 0.25) is 5.90 Å². The van der Waals surface area contributed by atoms with Crippen LogP contribution in [0.3, 0.4) is 0 Å². The van der Waals surface area contributed by atoms with E-state index in [0.717, 1.165) is 28.0 Å². The summed E-state index contributed by atoms with van der Waals surface area (Å²) in [5.74, 6) is 0.781. The Bertz CT molecular complexity index is 1770. The van der Waals surface area contributed by atoms with Crippen LogP contribution in [0, 0.1) is 0 Å². The van der Waals surface area contributed by atoms with Gasteiger partial charge >= 0.3 is 5.97 Å². The molecule has 0 fully saturated rings. The summed E-state index contributed by atoms with van der Waals surface area (Å²) in [6, 6.07) is 32.8. The second-order valence-corrected chi connectivity index (χ2v) is 13.3. The lowest BCUT2D eigenvalue weighted by atomic mass is 9.83. The number of esters is 1. The molecule has 10 nitrogen and oxygen atoms in total. The van der Waals surface area contributed by atoms with Gasteiger partial charge in [0, 0.05) is 31.6 Å². The molecule has 268 valence electrons. The van der Waals surface area contributed by atoms with Crippen LogP contribution in [0.5, 0.6) is 11.5 Å². The predicted molar refractivity (Wildman–Crippen MR) is 197 cm³/mol. The summed E-state index contributed by atoms with van der Waals surface area (Å²) in [5, 5.41) is 9.11. The van der Waals surface area contributed by atoms with Crippen LogP contribution in [0.1, 0.15) is 62.8 Å². The Hall–Kier alpha value is -5.19. The molecule has 0 aromatic heterocycles. The third-order valence-electron chi connectivity index (χ3n) is 8.39. The number of nitrogens with one attached hydrogen (secondary N) is 2. The van der Waals surface area contributed by atoms with Crippen molar-refractivity contribution in [2.24, 2.45) is 4.99 Å². The fraction of sp³-hybridized carbons (Fsp3) is 0.341. The minimum atomic E-state index is -1.53. The number of carbonyl (C=O) groups is 2. The number of hydrogen-bond donors (Lipinski definition) is 3. The average molecular weight is 694 g/mol. The zero-order valence-electron chi connectivity index (χ0n) is 29.7. The van der Waals surface area contributed by atoms with E-state index >= 15 is 0 Å². The van der Waals surface area contributed by atoms with Crippen LogP contribution in [-0.2, 0) is 25.5 Å². The number of hydrogen-bond acceptors (Lipinski definition) is 9. The first kappa shape index (κ1) is 37.1. The first-order valence-corrected chi connectivity index (χ1v) is 17.2. The molecule has 0 aliphatic carbocycles. The van der Waals surface area contributed by atoms with Crippen LogP contribution in [0.2, 0.25) is 0 Å². The van der Waals surface area contributed by atoms with E-state index in [-0.39, 0.29) is 25.3 Å². The SMILES string of the molecule is COc1ccccc1CCNNC(=O)[C@@]1(CCC(=O)OC(C)(C)C)N=C(c2ccc(OCCCO)cc2)O[C@H]1c1ccc(-c2ccccc2)cc1. The molecule has 2 atom stereocenters. The maximum absolute atomic E-state index is 14.5. The molecule has 5 rings (SSSR count). The highest BCUT2D eigenvalue weighted by Gasteiger charge is 2.53. The molecular formula is C41H47N3O7. The molecule has 1 aliphatic heterocycles. The molecule has 1 heterocycles. The second-order valence-electron chi connectivity index (χ2n) is 13.3. The zero-order chi connectivity index (χ0) is 36.3. The lowest BCUT2D eigenvalue weighted by Crippen LogP contribution is -2.53. The van der Waals surface area contributed by atoms with Crippen LogP contribution >= 0.6 is 0 Å². The van der Waals surface area contributed by atoms with Gasteiger partial charge in [-0.1, -0.05) is 72.8 Å². The van der Waals surface area contributed by atoms with E-state index in [0.29, 0.717) is 37.3 Å². The summed E-state index contributed by atoms with van der Waals surface area (Å²) in [7, 11) is 1.63. The maximum atomic E-state index is 14.5. The smallest absolute Gasteiger partial charge is 0.306 e. The highest BCUT2D eigenvalue weighted by atomic mass is 16.6. The summed E-state index contributed by atoms with van der Waals surface area (Å²) in [6.45, 7) is 6.26. The van der Waals surface area contributed by atoms with Crippen LogP contribution in [-0.4, -0.2) is 60.9 Å². The molecule has 0 bridgehead atoms. The number of aliphatic hydroxyl groups is 1. The molecule has 0 saturated heterocycles. The number of hydrazine groups is 1. The Morgan fingerprint density at radius 2 is 1.55 bits per heavy atom. The number of carbonyl (C=O) groups excluding carboxylic acids is 2. The number of aliphatic hydroxyl groups excluding tert-OH is 1. The fourth-order valence-corrected chi connectivity index (χ4v) is 5.89. The van der Waals surface area contributed by atoms with E-state index in [2.05, 4.69) is 10.9 Å². The number of nitrogens with zero attached hydrogens (tertiary/aromatic N) is 1. The first-order chi connectivity index (χ1) is 24.6. The van der Waals surface area contributed by atoms with E-state index in [1.165, 1.54) is 0 Å². The predicted octanol–water partition coefficient (Wildman–Crippen LogP) is 6.37. The average Bonchev–Trinajstić information content (AvgIpc) is 3.53. The van der Waals surface area contributed by atoms with Gasteiger partial charge < -0.3 is 24.1 Å². The molecule has 0 radical (unpaired) electrons. The van der Waals surface area contributed by atoms with Crippen molar-refractivity contribution in [3.8, 4) is 22.6 Å². The van der Waals surface area contributed by atoms with Crippen molar-refractivity contribution >= 4 is 17.8 Å². The minimum absolute atomic E-state index is 0.0267.